The molecule has 0 unspecified atom stereocenters. The molecule has 2 aromatic carbocycles. The number of hydrogen-bond donors (Lipinski definition) is 1. The largest absolute Gasteiger partial charge is 0.338 e. The lowest BCUT2D eigenvalue weighted by atomic mass is 9.91. The smallest absolute Gasteiger partial charge is 0.254 e. The molecular formula is C22H20N4O2S. The molecule has 0 aliphatic heterocycles. The summed E-state index contributed by atoms with van der Waals surface area (Å²) in [7, 11) is 0. The Bertz CT molecular complexity index is 1120. The summed E-state index contributed by atoms with van der Waals surface area (Å²) >= 11 is 1.36. The predicted molar refractivity (Wildman–Crippen MR) is 112 cm³/mol. The molecule has 1 N–H and O–H groups in total. The van der Waals surface area contributed by atoms with Crippen LogP contribution in [0.3, 0.4) is 0 Å². The molecule has 2 heterocycles. The van der Waals surface area contributed by atoms with Crippen LogP contribution in [0, 0.1) is 13.8 Å². The minimum Gasteiger partial charge on any atom is -0.338 e. The molecular weight excluding hydrogens is 384 g/mol. The van der Waals surface area contributed by atoms with Gasteiger partial charge in [0.1, 0.15) is 0 Å². The van der Waals surface area contributed by atoms with E-state index in [1.165, 1.54) is 11.8 Å². The lowest BCUT2D eigenvalue weighted by Gasteiger charge is -2.14. The van der Waals surface area contributed by atoms with Crippen LogP contribution < -0.4 is 5.56 Å². The maximum absolute atomic E-state index is 11.9. The molecule has 0 saturated heterocycles. The molecule has 0 fully saturated rings. The third-order valence-corrected chi connectivity index (χ3v) is 5.57. The van der Waals surface area contributed by atoms with Gasteiger partial charge in [-0.3, -0.25) is 4.79 Å². The first kappa shape index (κ1) is 19.1. The SMILES string of the molecule is Cc1nc(SCc2nc(C(c3ccccc3)c3ccccc3)no2)[nH]c(=O)c1C. The van der Waals surface area contributed by atoms with Crippen LogP contribution in [0.1, 0.15) is 40.0 Å². The summed E-state index contributed by atoms with van der Waals surface area (Å²) < 4.78 is 5.49. The highest BCUT2D eigenvalue weighted by molar-refractivity contribution is 7.98. The Labute approximate surface area is 172 Å². The Balaban J connectivity index is 1.58. The minimum absolute atomic E-state index is 0.112. The zero-order valence-corrected chi connectivity index (χ0v) is 16.9. The first-order valence-electron chi connectivity index (χ1n) is 9.24. The third kappa shape index (κ3) is 4.30. The summed E-state index contributed by atoms with van der Waals surface area (Å²) in [6.45, 7) is 3.58. The fourth-order valence-electron chi connectivity index (χ4n) is 3.04. The van der Waals surface area contributed by atoms with Crippen molar-refractivity contribution in [2.45, 2.75) is 30.7 Å². The van der Waals surface area contributed by atoms with Crippen molar-refractivity contribution in [3.05, 3.63) is 105 Å². The fourth-order valence-corrected chi connectivity index (χ4v) is 3.79. The van der Waals surface area contributed by atoms with Gasteiger partial charge in [0.05, 0.1) is 11.7 Å². The van der Waals surface area contributed by atoms with Crippen LogP contribution in [-0.4, -0.2) is 20.1 Å². The molecule has 0 aliphatic carbocycles. The number of H-pyrrole nitrogens is 1. The van der Waals surface area contributed by atoms with Crippen LogP contribution in [0.2, 0.25) is 0 Å². The molecule has 0 amide bonds. The molecule has 0 radical (unpaired) electrons. The van der Waals surface area contributed by atoms with Gasteiger partial charge in [0.25, 0.3) is 5.56 Å². The lowest BCUT2D eigenvalue weighted by Crippen LogP contribution is -2.14. The maximum Gasteiger partial charge on any atom is 0.254 e. The Kier molecular flexibility index (Phi) is 5.57. The van der Waals surface area contributed by atoms with E-state index in [1.54, 1.807) is 6.92 Å². The average Bonchev–Trinajstić information content (AvgIpc) is 3.20. The second-order valence-electron chi connectivity index (χ2n) is 6.67. The molecule has 4 aromatic rings. The monoisotopic (exact) mass is 404 g/mol. The second-order valence-corrected chi connectivity index (χ2v) is 7.63. The van der Waals surface area contributed by atoms with Crippen LogP contribution in [0.25, 0.3) is 0 Å². The summed E-state index contributed by atoms with van der Waals surface area (Å²) in [6, 6.07) is 20.2. The van der Waals surface area contributed by atoms with Crippen LogP contribution in [0.15, 0.2) is 75.1 Å². The first-order chi connectivity index (χ1) is 14.1. The zero-order valence-electron chi connectivity index (χ0n) is 16.1. The third-order valence-electron chi connectivity index (χ3n) is 4.71. The number of aryl methyl sites for hydroxylation is 1. The summed E-state index contributed by atoms with van der Waals surface area (Å²) in [5, 5.41) is 4.78. The van der Waals surface area contributed by atoms with E-state index in [0.29, 0.717) is 28.2 Å². The molecule has 6 nitrogen and oxygen atoms in total. The van der Waals surface area contributed by atoms with Crippen LogP contribution >= 0.6 is 11.8 Å². The predicted octanol–water partition coefficient (Wildman–Crippen LogP) is 4.24. The van der Waals surface area contributed by atoms with E-state index in [1.807, 2.05) is 43.3 Å². The van der Waals surface area contributed by atoms with Crippen LogP contribution in [-0.2, 0) is 5.75 Å². The zero-order chi connectivity index (χ0) is 20.2. The molecule has 146 valence electrons. The van der Waals surface area contributed by atoms with E-state index in [4.69, 9.17) is 4.52 Å². The normalized spacial score (nSPS) is 11.1. The minimum atomic E-state index is -0.126. The van der Waals surface area contributed by atoms with E-state index in [2.05, 4.69) is 44.4 Å². The van der Waals surface area contributed by atoms with Gasteiger partial charge in [-0.2, -0.15) is 4.98 Å². The highest BCUT2D eigenvalue weighted by Crippen LogP contribution is 2.30. The van der Waals surface area contributed by atoms with Crippen molar-refractivity contribution < 1.29 is 4.52 Å². The van der Waals surface area contributed by atoms with Gasteiger partial charge in [-0.15, -0.1) is 0 Å². The van der Waals surface area contributed by atoms with Crippen molar-refractivity contribution >= 4 is 11.8 Å². The number of rotatable bonds is 6. The van der Waals surface area contributed by atoms with Gasteiger partial charge in [-0.25, -0.2) is 4.98 Å². The quantitative estimate of drug-likeness (QED) is 0.382. The number of aromatic nitrogens is 4. The van der Waals surface area contributed by atoms with Crippen LogP contribution in [0.4, 0.5) is 0 Å². The molecule has 0 saturated carbocycles. The van der Waals surface area contributed by atoms with Gasteiger partial charge in [-0.1, -0.05) is 77.6 Å². The number of benzene rings is 2. The van der Waals surface area contributed by atoms with Gasteiger partial charge in [0, 0.05) is 11.3 Å². The fraction of sp³-hybridized carbons (Fsp3) is 0.182. The van der Waals surface area contributed by atoms with Gasteiger partial charge in [0.2, 0.25) is 5.89 Å². The topological polar surface area (TPSA) is 84.7 Å². The number of thioether (sulfide) groups is 1. The van der Waals surface area contributed by atoms with Crippen molar-refractivity contribution in [3.63, 3.8) is 0 Å². The van der Waals surface area contributed by atoms with E-state index < -0.39 is 0 Å². The van der Waals surface area contributed by atoms with Gasteiger partial charge >= 0.3 is 0 Å². The van der Waals surface area contributed by atoms with Gasteiger partial charge in [-0.05, 0) is 25.0 Å². The Hall–Kier alpha value is -3.19. The molecule has 7 heteroatoms. The average molecular weight is 404 g/mol. The molecule has 2 aromatic heterocycles. The molecule has 0 atom stereocenters. The number of nitrogens with zero attached hydrogens (tertiary/aromatic N) is 3. The molecule has 4 rings (SSSR count). The van der Waals surface area contributed by atoms with Crippen molar-refractivity contribution in [2.75, 3.05) is 0 Å². The summed E-state index contributed by atoms with van der Waals surface area (Å²) in [6.07, 6.45) is 0. The standard InChI is InChI=1S/C22H20N4O2S/c1-14-15(2)23-22(25-21(14)27)29-13-18-24-20(26-28-18)19(16-9-5-3-6-10-16)17-11-7-4-8-12-17/h3-12,19H,13H2,1-2H3,(H,23,25,27). The lowest BCUT2D eigenvalue weighted by molar-refractivity contribution is 0.384. The second kappa shape index (κ2) is 8.45. The van der Waals surface area contributed by atoms with Gasteiger partial charge in [0.15, 0.2) is 11.0 Å². The van der Waals surface area contributed by atoms with Crippen molar-refractivity contribution in [1.82, 2.24) is 20.1 Å². The van der Waals surface area contributed by atoms with E-state index in [9.17, 15) is 4.79 Å². The highest BCUT2D eigenvalue weighted by Gasteiger charge is 2.22. The number of nitrogens with one attached hydrogen (secondary N) is 1. The van der Waals surface area contributed by atoms with Crippen molar-refractivity contribution in [1.29, 1.82) is 0 Å². The van der Waals surface area contributed by atoms with Crippen LogP contribution in [0.5, 0.6) is 0 Å². The summed E-state index contributed by atoms with van der Waals surface area (Å²) in [4.78, 5) is 23.7. The maximum atomic E-state index is 11.9. The molecule has 0 bridgehead atoms. The van der Waals surface area contributed by atoms with E-state index >= 15 is 0 Å². The molecule has 0 aliphatic rings. The van der Waals surface area contributed by atoms with E-state index in [0.717, 1.165) is 16.8 Å². The van der Waals surface area contributed by atoms with E-state index in [-0.39, 0.29) is 11.5 Å². The molecule has 0 spiro atoms. The molecule has 29 heavy (non-hydrogen) atoms. The number of hydrogen-bond acceptors (Lipinski definition) is 6. The Morgan fingerprint density at radius 3 is 2.17 bits per heavy atom. The van der Waals surface area contributed by atoms with Crippen molar-refractivity contribution in [2.24, 2.45) is 0 Å². The first-order valence-corrected chi connectivity index (χ1v) is 10.2. The van der Waals surface area contributed by atoms with Crippen molar-refractivity contribution in [3.8, 4) is 0 Å². The highest BCUT2D eigenvalue weighted by atomic mass is 32.2. The van der Waals surface area contributed by atoms with Gasteiger partial charge < -0.3 is 9.51 Å². The Morgan fingerprint density at radius 1 is 0.966 bits per heavy atom. The summed E-state index contributed by atoms with van der Waals surface area (Å²) in [5.41, 5.74) is 3.41. The number of aromatic amines is 1. The summed E-state index contributed by atoms with van der Waals surface area (Å²) in [5.74, 6) is 1.41. The Morgan fingerprint density at radius 2 is 1.59 bits per heavy atom.